The molecule has 0 aliphatic rings. The lowest BCUT2D eigenvalue weighted by Gasteiger charge is -2.09. The summed E-state index contributed by atoms with van der Waals surface area (Å²) in [5.74, 6) is -3.83. The van der Waals surface area contributed by atoms with Crippen molar-refractivity contribution in [2.75, 3.05) is 10.6 Å². The van der Waals surface area contributed by atoms with Crippen molar-refractivity contribution in [2.24, 2.45) is 7.05 Å². The number of aliphatic carboxylic acids is 1. The van der Waals surface area contributed by atoms with Gasteiger partial charge in [0, 0.05) is 35.7 Å². The summed E-state index contributed by atoms with van der Waals surface area (Å²) in [6.45, 7) is 0. The lowest BCUT2D eigenvalue weighted by atomic mass is 10.2. The number of H-pyrrole nitrogens is 1. The quantitative estimate of drug-likeness (QED) is 0.198. The third kappa shape index (κ3) is 6.67. The van der Waals surface area contributed by atoms with Crippen LogP contribution in [0.15, 0.2) is 59.7 Å². The van der Waals surface area contributed by atoms with Gasteiger partial charge in [0.1, 0.15) is 11.5 Å². The second-order valence-corrected chi connectivity index (χ2v) is 9.23. The van der Waals surface area contributed by atoms with Crippen molar-refractivity contribution in [1.82, 2.24) is 24.1 Å². The molecule has 3 aromatic heterocycles. The molecule has 0 fully saturated rings. The molecule has 1 amide bonds. The minimum Gasteiger partial charge on any atom is -0.475 e. The van der Waals surface area contributed by atoms with Gasteiger partial charge in [-0.3, -0.25) is 14.7 Å². The number of rotatable bonds is 5. The molecule has 5 aromatic rings. The Labute approximate surface area is 235 Å². The minimum atomic E-state index is -5.08. The van der Waals surface area contributed by atoms with Crippen LogP contribution >= 0.6 is 23.1 Å². The third-order valence-corrected chi connectivity index (χ3v) is 6.31. The number of carbonyl (C=O) groups is 2. The number of hydrogen-bond acceptors (Lipinski definition) is 8. The number of nitrogens with one attached hydrogen (secondary N) is 3. The Balaban J connectivity index is 0.000000493. The Hall–Kier alpha value is -4.83. The van der Waals surface area contributed by atoms with Crippen molar-refractivity contribution in [3.8, 4) is 11.4 Å². The number of aryl methyl sites for hydroxylation is 1. The van der Waals surface area contributed by atoms with Gasteiger partial charge in [0.05, 0.1) is 28.0 Å². The number of hydrogen-bond donors (Lipinski definition) is 4. The molecule has 41 heavy (non-hydrogen) atoms. The smallest absolute Gasteiger partial charge is 0.475 e. The van der Waals surface area contributed by atoms with Crippen LogP contribution in [0, 0.1) is 5.82 Å². The Morgan fingerprint density at radius 2 is 1.85 bits per heavy atom. The highest BCUT2D eigenvalue weighted by Gasteiger charge is 2.38. The van der Waals surface area contributed by atoms with Crippen LogP contribution in [0.3, 0.4) is 0 Å². The van der Waals surface area contributed by atoms with E-state index in [1.807, 2.05) is 6.07 Å². The van der Waals surface area contributed by atoms with E-state index in [1.54, 1.807) is 18.5 Å². The zero-order chi connectivity index (χ0) is 29.9. The van der Waals surface area contributed by atoms with Gasteiger partial charge in [-0.25, -0.2) is 9.18 Å². The normalized spacial score (nSPS) is 11.1. The number of carboxylic acids is 1. The zero-order valence-corrected chi connectivity index (χ0v) is 22.0. The van der Waals surface area contributed by atoms with E-state index >= 15 is 0 Å². The number of aromatic nitrogens is 5. The molecule has 0 aliphatic heterocycles. The monoisotopic (exact) mass is 609 g/mol. The van der Waals surface area contributed by atoms with E-state index in [4.69, 9.17) is 21.5 Å². The predicted octanol–water partition coefficient (Wildman–Crippen LogP) is 5.20. The predicted molar refractivity (Wildman–Crippen MR) is 143 cm³/mol. The van der Waals surface area contributed by atoms with Gasteiger partial charge in [-0.15, -0.1) is 0 Å². The Kier molecular flexibility index (Phi) is 8.34. The fourth-order valence-electron chi connectivity index (χ4n) is 3.34. The van der Waals surface area contributed by atoms with Crippen LogP contribution in [-0.4, -0.2) is 47.3 Å². The highest BCUT2D eigenvalue weighted by molar-refractivity contribution is 7.10. The molecule has 0 bridgehead atoms. The number of carbonyl (C=O) groups excluding carboxylic acids is 1. The summed E-state index contributed by atoms with van der Waals surface area (Å²) in [7, 11) is 1.54. The fraction of sp³-hybridized carbons (Fsp3) is 0.0833. The highest BCUT2D eigenvalue weighted by atomic mass is 35.5. The number of anilines is 3. The van der Waals surface area contributed by atoms with E-state index in [-0.39, 0.29) is 11.3 Å². The average Bonchev–Trinajstić information content (AvgIpc) is 3.58. The maximum absolute atomic E-state index is 14.0. The average molecular weight is 610 g/mol. The van der Waals surface area contributed by atoms with Crippen LogP contribution < -0.4 is 16.2 Å². The summed E-state index contributed by atoms with van der Waals surface area (Å²) in [5.41, 5.74) is 1.29. The number of amides is 1. The minimum absolute atomic E-state index is 0.0222. The first kappa shape index (κ1) is 29.2. The molecular weight excluding hydrogens is 594 g/mol. The standard InChI is InChI=1S/C22H15ClFN7O2S.C2HF3O2/c1-31-10-11(8-17(21(31)33)26-20(32)12-4-2-3-5-14(12)24)19-28-22(34-30-19)27-16-7-6-15-13(18(16)23)9-25-29-15;3-2(4,5)1(6)7/h2-10H,1H3,(H,25,29)(H,26,32)(H,27,28,30);(H,6,7). The maximum Gasteiger partial charge on any atom is 0.490 e. The second kappa shape index (κ2) is 11.7. The molecule has 11 nitrogen and oxygen atoms in total. The van der Waals surface area contributed by atoms with Crippen molar-refractivity contribution in [3.63, 3.8) is 0 Å². The van der Waals surface area contributed by atoms with E-state index in [2.05, 4.69) is 30.2 Å². The van der Waals surface area contributed by atoms with Crippen LogP contribution in [0.1, 0.15) is 10.4 Å². The van der Waals surface area contributed by atoms with Gasteiger partial charge in [-0.2, -0.15) is 27.6 Å². The highest BCUT2D eigenvalue weighted by Crippen LogP contribution is 2.33. The van der Waals surface area contributed by atoms with E-state index in [0.29, 0.717) is 27.2 Å². The summed E-state index contributed by atoms with van der Waals surface area (Å²) < 4.78 is 51.3. The number of carboxylic acid groups (broad SMARTS) is 1. The number of pyridine rings is 1. The molecule has 0 atom stereocenters. The van der Waals surface area contributed by atoms with E-state index in [0.717, 1.165) is 22.4 Å². The van der Waals surface area contributed by atoms with Gasteiger partial charge in [-0.05, 0) is 30.3 Å². The Bertz CT molecular complexity index is 1820. The number of halogens is 5. The lowest BCUT2D eigenvalue weighted by Crippen LogP contribution is -2.24. The van der Waals surface area contributed by atoms with Gasteiger partial charge in [-0.1, -0.05) is 23.7 Å². The first-order chi connectivity index (χ1) is 19.3. The topological polar surface area (TPSA) is 155 Å². The SMILES string of the molecule is Cn1cc(-c2nsc(Nc3ccc4[nH]ncc4c3Cl)n2)cc(NC(=O)c2ccccc2F)c1=O.O=C(O)C(F)(F)F. The zero-order valence-electron chi connectivity index (χ0n) is 20.5. The molecule has 4 N–H and O–H groups in total. The van der Waals surface area contributed by atoms with Gasteiger partial charge in [0.15, 0.2) is 5.82 Å². The third-order valence-electron chi connectivity index (χ3n) is 5.28. The van der Waals surface area contributed by atoms with Gasteiger partial charge in [0.25, 0.3) is 11.5 Å². The van der Waals surface area contributed by atoms with Crippen LogP contribution in [0.25, 0.3) is 22.3 Å². The van der Waals surface area contributed by atoms with Crippen LogP contribution in [0.5, 0.6) is 0 Å². The molecule has 17 heteroatoms. The molecule has 5 rings (SSSR count). The summed E-state index contributed by atoms with van der Waals surface area (Å²) >= 11 is 7.56. The number of nitrogens with zero attached hydrogens (tertiary/aromatic N) is 4. The summed E-state index contributed by atoms with van der Waals surface area (Å²) in [6.07, 6.45) is -1.90. The summed E-state index contributed by atoms with van der Waals surface area (Å²) in [6, 6.07) is 10.6. The molecule has 212 valence electrons. The van der Waals surface area contributed by atoms with Crippen LogP contribution in [0.4, 0.5) is 34.1 Å². The Morgan fingerprint density at radius 3 is 2.54 bits per heavy atom. The second-order valence-electron chi connectivity index (χ2n) is 8.10. The summed E-state index contributed by atoms with van der Waals surface area (Å²) in [5, 5.41) is 21.3. The molecule has 2 aromatic carbocycles. The van der Waals surface area contributed by atoms with E-state index in [9.17, 15) is 27.2 Å². The van der Waals surface area contributed by atoms with E-state index in [1.165, 1.54) is 41.9 Å². The van der Waals surface area contributed by atoms with Crippen LogP contribution in [0.2, 0.25) is 5.02 Å². The molecule has 0 radical (unpaired) electrons. The molecule has 0 aliphatic carbocycles. The van der Waals surface area contributed by atoms with Crippen molar-refractivity contribution in [2.45, 2.75) is 6.18 Å². The molecular formula is C24H16ClF4N7O4S. The van der Waals surface area contributed by atoms with Gasteiger partial charge in [0.2, 0.25) is 5.13 Å². The summed E-state index contributed by atoms with van der Waals surface area (Å²) in [4.78, 5) is 38.4. The number of aromatic amines is 1. The molecule has 3 heterocycles. The van der Waals surface area contributed by atoms with Gasteiger partial charge >= 0.3 is 12.1 Å². The Morgan fingerprint density at radius 1 is 1.15 bits per heavy atom. The van der Waals surface area contributed by atoms with Gasteiger partial charge < -0.3 is 20.3 Å². The van der Waals surface area contributed by atoms with Crippen molar-refractivity contribution < 1.29 is 32.3 Å². The number of fused-ring (bicyclic) bond motifs is 1. The first-order valence-electron chi connectivity index (χ1n) is 11.1. The molecule has 0 saturated carbocycles. The largest absolute Gasteiger partial charge is 0.490 e. The molecule has 0 saturated heterocycles. The van der Waals surface area contributed by atoms with Crippen molar-refractivity contribution in [1.29, 1.82) is 0 Å². The van der Waals surface area contributed by atoms with Crippen LogP contribution in [-0.2, 0) is 11.8 Å². The first-order valence-corrected chi connectivity index (χ1v) is 12.3. The lowest BCUT2D eigenvalue weighted by molar-refractivity contribution is -0.192. The number of alkyl halides is 3. The van der Waals surface area contributed by atoms with Crippen molar-refractivity contribution >= 4 is 62.4 Å². The van der Waals surface area contributed by atoms with E-state index < -0.39 is 29.4 Å². The maximum atomic E-state index is 14.0. The number of benzene rings is 2. The molecule has 0 spiro atoms. The van der Waals surface area contributed by atoms with Crippen molar-refractivity contribution in [3.05, 3.63) is 81.6 Å². The fourth-order valence-corrected chi connectivity index (χ4v) is 4.21. The molecule has 0 unspecified atom stereocenters.